The number of carbonyl (C=O) groups excluding carboxylic acids is 1. The lowest BCUT2D eigenvalue weighted by Gasteiger charge is -2.30. The van der Waals surface area contributed by atoms with E-state index >= 15 is 0 Å². The molecular weight excluding hydrogens is 338 g/mol. The van der Waals surface area contributed by atoms with Crippen LogP contribution in [0.5, 0.6) is 11.5 Å². The maximum atomic E-state index is 13.1. The van der Waals surface area contributed by atoms with Crippen molar-refractivity contribution >= 4 is 11.9 Å². The third-order valence-corrected chi connectivity index (χ3v) is 5.04. The molecule has 1 saturated carbocycles. The van der Waals surface area contributed by atoms with Crippen molar-refractivity contribution in [1.82, 2.24) is 5.32 Å². The van der Waals surface area contributed by atoms with Crippen molar-refractivity contribution in [3.05, 3.63) is 23.8 Å². The predicted molar refractivity (Wildman–Crippen MR) is 95.8 cm³/mol. The number of ether oxygens (including phenoxy) is 3. The standard InChI is InChI=1S/C19H27NO6/c1-24-11-8-14(17(21)22)20-18(23)19(9-4-5-10-19)13-6-7-15(25-2)16(12-13)26-3/h6-7,12,14H,4-5,8-11H2,1-3H3,(H,20,23)(H,21,22). The molecule has 1 fully saturated rings. The third-order valence-electron chi connectivity index (χ3n) is 5.04. The molecule has 2 rings (SSSR count). The number of nitrogens with one attached hydrogen (secondary N) is 1. The Morgan fingerprint density at radius 1 is 1.15 bits per heavy atom. The summed E-state index contributed by atoms with van der Waals surface area (Å²) in [6, 6.07) is 4.48. The number of rotatable bonds is 9. The Morgan fingerprint density at radius 2 is 1.81 bits per heavy atom. The van der Waals surface area contributed by atoms with Crippen LogP contribution in [0.2, 0.25) is 0 Å². The third kappa shape index (κ3) is 4.09. The number of carboxylic acid groups (broad SMARTS) is 1. The molecular formula is C19H27NO6. The first-order chi connectivity index (χ1) is 12.5. The Kier molecular flexibility index (Phi) is 6.85. The van der Waals surface area contributed by atoms with Crippen LogP contribution in [0.15, 0.2) is 18.2 Å². The van der Waals surface area contributed by atoms with Gasteiger partial charge < -0.3 is 24.6 Å². The lowest BCUT2D eigenvalue weighted by Crippen LogP contribution is -2.50. The Hall–Kier alpha value is -2.28. The molecule has 0 bridgehead atoms. The fourth-order valence-corrected chi connectivity index (χ4v) is 3.55. The fourth-order valence-electron chi connectivity index (χ4n) is 3.55. The molecule has 1 unspecified atom stereocenters. The number of aliphatic carboxylic acids is 1. The number of carboxylic acids is 1. The summed E-state index contributed by atoms with van der Waals surface area (Å²) in [6.07, 6.45) is 3.39. The first kappa shape index (κ1) is 20.0. The van der Waals surface area contributed by atoms with Crippen LogP contribution in [0.3, 0.4) is 0 Å². The van der Waals surface area contributed by atoms with E-state index in [0.29, 0.717) is 24.3 Å². The molecule has 144 valence electrons. The molecule has 7 heteroatoms. The molecule has 1 aromatic rings. The molecule has 0 aliphatic heterocycles. The van der Waals surface area contributed by atoms with Gasteiger partial charge in [0, 0.05) is 20.1 Å². The van der Waals surface area contributed by atoms with E-state index < -0.39 is 17.4 Å². The van der Waals surface area contributed by atoms with Crippen LogP contribution in [0.1, 0.15) is 37.7 Å². The topological polar surface area (TPSA) is 94.1 Å². The van der Waals surface area contributed by atoms with Gasteiger partial charge in [0.05, 0.1) is 19.6 Å². The van der Waals surface area contributed by atoms with Gasteiger partial charge in [-0.15, -0.1) is 0 Å². The molecule has 0 radical (unpaired) electrons. The van der Waals surface area contributed by atoms with Crippen molar-refractivity contribution in [2.45, 2.75) is 43.6 Å². The second-order valence-corrected chi connectivity index (χ2v) is 6.50. The molecule has 1 atom stereocenters. The van der Waals surface area contributed by atoms with Crippen LogP contribution in [0.25, 0.3) is 0 Å². The molecule has 1 amide bonds. The van der Waals surface area contributed by atoms with Crippen LogP contribution < -0.4 is 14.8 Å². The molecule has 2 N–H and O–H groups in total. The van der Waals surface area contributed by atoms with Crippen molar-refractivity contribution < 1.29 is 28.9 Å². The normalized spacial score (nSPS) is 16.7. The van der Waals surface area contributed by atoms with Gasteiger partial charge in [-0.3, -0.25) is 4.79 Å². The monoisotopic (exact) mass is 365 g/mol. The van der Waals surface area contributed by atoms with Crippen molar-refractivity contribution in [3.63, 3.8) is 0 Å². The minimum atomic E-state index is -1.06. The van der Waals surface area contributed by atoms with Gasteiger partial charge in [-0.25, -0.2) is 4.79 Å². The van der Waals surface area contributed by atoms with Gasteiger partial charge in [0.15, 0.2) is 11.5 Å². The highest BCUT2D eigenvalue weighted by atomic mass is 16.5. The van der Waals surface area contributed by atoms with E-state index in [-0.39, 0.29) is 18.9 Å². The zero-order valence-electron chi connectivity index (χ0n) is 15.5. The SMILES string of the molecule is COCCC(NC(=O)C1(c2ccc(OC)c(OC)c2)CCCC1)C(=O)O. The first-order valence-electron chi connectivity index (χ1n) is 8.73. The summed E-state index contributed by atoms with van der Waals surface area (Å²) in [5, 5.41) is 12.1. The van der Waals surface area contributed by atoms with Gasteiger partial charge in [0.25, 0.3) is 0 Å². The van der Waals surface area contributed by atoms with Crippen molar-refractivity contribution in [2.24, 2.45) is 0 Å². The molecule has 1 aromatic carbocycles. The molecule has 0 saturated heterocycles. The maximum Gasteiger partial charge on any atom is 0.326 e. The summed E-state index contributed by atoms with van der Waals surface area (Å²) >= 11 is 0. The second kappa shape index (κ2) is 8.89. The first-order valence-corrected chi connectivity index (χ1v) is 8.73. The highest BCUT2D eigenvalue weighted by Gasteiger charge is 2.44. The van der Waals surface area contributed by atoms with E-state index in [1.54, 1.807) is 20.3 Å². The quantitative estimate of drug-likeness (QED) is 0.696. The summed E-state index contributed by atoms with van der Waals surface area (Å²) in [5.74, 6) is -0.173. The average Bonchev–Trinajstić information content (AvgIpc) is 3.15. The van der Waals surface area contributed by atoms with Crippen LogP contribution >= 0.6 is 0 Å². The molecule has 1 aliphatic rings. The molecule has 26 heavy (non-hydrogen) atoms. The molecule has 0 heterocycles. The Labute approximate surface area is 153 Å². The molecule has 0 aromatic heterocycles. The van der Waals surface area contributed by atoms with Crippen LogP contribution in [-0.2, 0) is 19.7 Å². The minimum absolute atomic E-state index is 0.222. The lowest BCUT2D eigenvalue weighted by molar-refractivity contribution is -0.143. The lowest BCUT2D eigenvalue weighted by atomic mass is 9.77. The second-order valence-electron chi connectivity index (χ2n) is 6.50. The smallest absolute Gasteiger partial charge is 0.326 e. The number of hydrogen-bond acceptors (Lipinski definition) is 5. The summed E-state index contributed by atoms with van der Waals surface area (Å²) in [4.78, 5) is 24.6. The number of hydrogen-bond donors (Lipinski definition) is 2. The summed E-state index contributed by atoms with van der Waals surface area (Å²) in [5.41, 5.74) is 0.0707. The van der Waals surface area contributed by atoms with Gasteiger partial charge in [-0.05, 0) is 30.5 Å². The number of carbonyl (C=O) groups is 2. The zero-order valence-corrected chi connectivity index (χ0v) is 15.5. The molecule has 0 spiro atoms. The highest BCUT2D eigenvalue weighted by molar-refractivity contribution is 5.92. The largest absolute Gasteiger partial charge is 0.493 e. The molecule has 7 nitrogen and oxygen atoms in total. The summed E-state index contributed by atoms with van der Waals surface area (Å²) in [6.45, 7) is 0.264. The Bertz CT molecular complexity index is 639. The number of methoxy groups -OCH3 is 3. The maximum absolute atomic E-state index is 13.1. The predicted octanol–water partition coefficient (Wildman–Crippen LogP) is 2.12. The average molecular weight is 365 g/mol. The Morgan fingerprint density at radius 3 is 2.35 bits per heavy atom. The van der Waals surface area contributed by atoms with Gasteiger partial charge in [-0.1, -0.05) is 18.9 Å². The van der Waals surface area contributed by atoms with Crippen molar-refractivity contribution in [2.75, 3.05) is 27.9 Å². The zero-order chi connectivity index (χ0) is 19.2. The number of amides is 1. The van der Waals surface area contributed by atoms with Crippen LogP contribution in [0.4, 0.5) is 0 Å². The van der Waals surface area contributed by atoms with Gasteiger partial charge in [0.2, 0.25) is 5.91 Å². The van der Waals surface area contributed by atoms with E-state index in [4.69, 9.17) is 14.2 Å². The minimum Gasteiger partial charge on any atom is -0.493 e. The van der Waals surface area contributed by atoms with E-state index in [1.165, 1.54) is 7.11 Å². The Balaban J connectivity index is 2.31. The number of benzene rings is 1. The van der Waals surface area contributed by atoms with E-state index in [0.717, 1.165) is 18.4 Å². The van der Waals surface area contributed by atoms with Gasteiger partial charge in [-0.2, -0.15) is 0 Å². The van der Waals surface area contributed by atoms with Gasteiger partial charge >= 0.3 is 5.97 Å². The summed E-state index contributed by atoms with van der Waals surface area (Å²) in [7, 11) is 4.61. The fraction of sp³-hybridized carbons (Fsp3) is 0.579. The van der Waals surface area contributed by atoms with E-state index in [2.05, 4.69) is 5.32 Å². The van der Waals surface area contributed by atoms with E-state index in [1.807, 2.05) is 12.1 Å². The van der Waals surface area contributed by atoms with E-state index in [9.17, 15) is 14.7 Å². The van der Waals surface area contributed by atoms with Gasteiger partial charge in [0.1, 0.15) is 6.04 Å². The highest BCUT2D eigenvalue weighted by Crippen LogP contribution is 2.44. The van der Waals surface area contributed by atoms with Crippen molar-refractivity contribution in [3.8, 4) is 11.5 Å². The van der Waals surface area contributed by atoms with Crippen LogP contribution in [-0.4, -0.2) is 51.0 Å². The molecule has 1 aliphatic carbocycles. The van der Waals surface area contributed by atoms with Crippen LogP contribution in [0, 0.1) is 0 Å². The summed E-state index contributed by atoms with van der Waals surface area (Å²) < 4.78 is 15.6. The van der Waals surface area contributed by atoms with Crippen molar-refractivity contribution in [1.29, 1.82) is 0 Å².